The first-order valence-electron chi connectivity index (χ1n) is 5.65. The van der Waals surface area contributed by atoms with Crippen LogP contribution in [0, 0.1) is 6.92 Å². The molecule has 0 saturated heterocycles. The minimum Gasteiger partial charge on any atom is -0.497 e. The molecule has 0 radical (unpaired) electrons. The average molecular weight is 262 g/mol. The van der Waals surface area contributed by atoms with Crippen LogP contribution in [0.1, 0.15) is 16.1 Å². The number of carbonyl (C=O) groups excluding carboxylic acids is 1. The predicted molar refractivity (Wildman–Crippen MR) is 69.6 cm³/mol. The van der Waals surface area contributed by atoms with Crippen LogP contribution in [0.2, 0.25) is 0 Å². The average Bonchev–Trinajstić information content (AvgIpc) is 2.64. The molecule has 19 heavy (non-hydrogen) atoms. The molecule has 2 aromatic rings. The molecule has 100 valence electrons. The quantitative estimate of drug-likeness (QED) is 0.910. The number of nitrogens with one attached hydrogen (secondary N) is 1. The van der Waals surface area contributed by atoms with E-state index in [9.17, 15) is 9.59 Å². The Morgan fingerprint density at radius 2 is 1.95 bits per heavy atom. The lowest BCUT2D eigenvalue weighted by Gasteiger charge is -2.05. The molecule has 0 aliphatic carbocycles. The maximum atomic E-state index is 12.0. The van der Waals surface area contributed by atoms with Gasteiger partial charge in [-0.3, -0.25) is 4.79 Å². The van der Waals surface area contributed by atoms with E-state index in [1.807, 2.05) is 0 Å². The van der Waals surface area contributed by atoms with Crippen molar-refractivity contribution in [2.75, 3.05) is 12.4 Å². The van der Waals surface area contributed by atoms with Crippen LogP contribution in [0.4, 0.5) is 5.69 Å². The summed E-state index contributed by atoms with van der Waals surface area (Å²) >= 11 is 0. The zero-order valence-corrected chi connectivity index (χ0v) is 10.9. The largest absolute Gasteiger partial charge is 0.497 e. The van der Waals surface area contributed by atoms with Gasteiger partial charge < -0.3 is 14.6 Å². The van der Waals surface area contributed by atoms with Gasteiger partial charge in [-0.15, -0.1) is 0 Å². The predicted octanol–water partition coefficient (Wildman–Crippen LogP) is 1.55. The SMILES string of the molecule is COc1ccc(NC(=O)c2c(C)n(C)oc2=O)cc1. The van der Waals surface area contributed by atoms with Crippen LogP contribution in [0.15, 0.2) is 33.6 Å². The molecule has 0 aliphatic rings. The summed E-state index contributed by atoms with van der Waals surface area (Å²) in [5.74, 6) is 0.199. The molecule has 1 aromatic heterocycles. The molecule has 1 aromatic carbocycles. The highest BCUT2D eigenvalue weighted by Gasteiger charge is 2.19. The van der Waals surface area contributed by atoms with E-state index in [1.165, 1.54) is 4.74 Å². The second kappa shape index (κ2) is 5.01. The van der Waals surface area contributed by atoms with E-state index < -0.39 is 11.5 Å². The number of rotatable bonds is 3. The summed E-state index contributed by atoms with van der Waals surface area (Å²) in [7, 11) is 3.13. The lowest BCUT2D eigenvalue weighted by molar-refractivity contribution is 0.102. The van der Waals surface area contributed by atoms with E-state index in [0.29, 0.717) is 17.1 Å². The molecular formula is C13H14N2O4. The zero-order chi connectivity index (χ0) is 14.0. The summed E-state index contributed by atoms with van der Waals surface area (Å²) in [5.41, 5.74) is 0.425. The van der Waals surface area contributed by atoms with Crippen molar-refractivity contribution in [3.63, 3.8) is 0 Å². The first-order valence-corrected chi connectivity index (χ1v) is 5.65. The normalized spacial score (nSPS) is 10.3. The van der Waals surface area contributed by atoms with Crippen molar-refractivity contribution < 1.29 is 14.1 Å². The van der Waals surface area contributed by atoms with E-state index in [2.05, 4.69) is 5.32 Å². The van der Waals surface area contributed by atoms with Gasteiger partial charge in [0.25, 0.3) is 5.91 Å². The van der Waals surface area contributed by atoms with Gasteiger partial charge in [0.05, 0.1) is 12.8 Å². The van der Waals surface area contributed by atoms with Crippen molar-refractivity contribution in [1.29, 1.82) is 0 Å². The van der Waals surface area contributed by atoms with E-state index in [-0.39, 0.29) is 5.56 Å². The smallest absolute Gasteiger partial charge is 0.370 e. The van der Waals surface area contributed by atoms with Crippen LogP contribution < -0.4 is 15.7 Å². The Hall–Kier alpha value is -2.50. The molecular weight excluding hydrogens is 248 g/mol. The Balaban J connectivity index is 2.23. The van der Waals surface area contributed by atoms with Crippen LogP contribution in [0.25, 0.3) is 0 Å². The van der Waals surface area contributed by atoms with E-state index in [4.69, 9.17) is 9.26 Å². The zero-order valence-electron chi connectivity index (χ0n) is 10.9. The molecule has 0 fully saturated rings. The minimum atomic E-state index is -0.647. The van der Waals surface area contributed by atoms with E-state index in [0.717, 1.165) is 0 Å². The number of anilines is 1. The van der Waals surface area contributed by atoms with Crippen LogP contribution in [-0.4, -0.2) is 17.8 Å². The monoisotopic (exact) mass is 262 g/mol. The van der Waals surface area contributed by atoms with Gasteiger partial charge in [0, 0.05) is 12.7 Å². The number of hydrogen-bond donors (Lipinski definition) is 1. The summed E-state index contributed by atoms with van der Waals surface area (Å²) in [6.45, 7) is 1.65. The van der Waals surface area contributed by atoms with Crippen molar-refractivity contribution in [2.45, 2.75) is 6.92 Å². The number of aryl methyl sites for hydroxylation is 1. The number of aromatic nitrogens is 1. The first-order chi connectivity index (χ1) is 9.02. The van der Waals surface area contributed by atoms with Gasteiger partial charge in [-0.25, -0.2) is 9.53 Å². The topological polar surface area (TPSA) is 73.5 Å². The van der Waals surface area contributed by atoms with E-state index >= 15 is 0 Å². The fourth-order valence-electron chi connectivity index (χ4n) is 1.67. The van der Waals surface area contributed by atoms with Crippen molar-refractivity contribution in [3.05, 3.63) is 45.9 Å². The highest BCUT2D eigenvalue weighted by atomic mass is 16.5. The molecule has 0 atom stereocenters. The van der Waals surface area contributed by atoms with Gasteiger partial charge in [-0.05, 0) is 31.2 Å². The van der Waals surface area contributed by atoms with Crippen LogP contribution >= 0.6 is 0 Å². The van der Waals surface area contributed by atoms with Gasteiger partial charge in [0.2, 0.25) is 0 Å². The Labute approximate surface area is 109 Å². The maximum Gasteiger partial charge on any atom is 0.370 e. The second-order valence-corrected chi connectivity index (χ2v) is 4.02. The Morgan fingerprint density at radius 1 is 1.32 bits per heavy atom. The molecule has 0 bridgehead atoms. The van der Waals surface area contributed by atoms with E-state index in [1.54, 1.807) is 45.3 Å². The van der Waals surface area contributed by atoms with Crippen LogP contribution in [0.3, 0.4) is 0 Å². The first kappa shape index (κ1) is 12.9. The molecule has 0 unspecified atom stereocenters. The number of ether oxygens (including phenoxy) is 1. The molecule has 6 heteroatoms. The number of carbonyl (C=O) groups is 1. The fraction of sp³-hybridized carbons (Fsp3) is 0.231. The molecule has 2 rings (SSSR count). The van der Waals surface area contributed by atoms with Gasteiger partial charge >= 0.3 is 5.63 Å². The summed E-state index contributed by atoms with van der Waals surface area (Å²) in [6.07, 6.45) is 0. The maximum absolute atomic E-state index is 12.0. The lowest BCUT2D eigenvalue weighted by Crippen LogP contribution is -2.19. The van der Waals surface area contributed by atoms with Crippen molar-refractivity contribution >= 4 is 11.6 Å². The number of nitrogens with zero attached hydrogens (tertiary/aromatic N) is 1. The number of amides is 1. The fourth-order valence-corrected chi connectivity index (χ4v) is 1.67. The summed E-state index contributed by atoms with van der Waals surface area (Å²) < 4.78 is 11.1. The third-order valence-corrected chi connectivity index (χ3v) is 2.83. The highest BCUT2D eigenvalue weighted by Crippen LogP contribution is 2.16. The number of benzene rings is 1. The number of hydrogen-bond acceptors (Lipinski definition) is 4. The third-order valence-electron chi connectivity index (χ3n) is 2.83. The molecule has 1 N–H and O–H groups in total. The summed E-state index contributed by atoms with van der Waals surface area (Å²) in [6, 6.07) is 6.82. The second-order valence-electron chi connectivity index (χ2n) is 4.02. The van der Waals surface area contributed by atoms with Gasteiger partial charge in [0.1, 0.15) is 11.3 Å². The molecule has 0 aliphatic heterocycles. The molecule has 6 nitrogen and oxygen atoms in total. The Kier molecular flexibility index (Phi) is 3.41. The highest BCUT2D eigenvalue weighted by molar-refractivity contribution is 6.04. The summed E-state index contributed by atoms with van der Waals surface area (Å²) in [4.78, 5) is 23.5. The molecule has 1 heterocycles. The molecule has 1 amide bonds. The van der Waals surface area contributed by atoms with Gasteiger partial charge in [-0.2, -0.15) is 0 Å². The van der Waals surface area contributed by atoms with Crippen LogP contribution in [-0.2, 0) is 7.05 Å². The Bertz CT molecular complexity index is 652. The molecule has 0 spiro atoms. The third kappa shape index (κ3) is 2.52. The minimum absolute atomic E-state index is 0.0123. The van der Waals surface area contributed by atoms with Gasteiger partial charge in [0.15, 0.2) is 0 Å². The molecule has 0 saturated carbocycles. The number of methoxy groups -OCH3 is 1. The van der Waals surface area contributed by atoms with Crippen molar-refractivity contribution in [1.82, 2.24) is 4.74 Å². The Morgan fingerprint density at radius 3 is 2.42 bits per heavy atom. The van der Waals surface area contributed by atoms with Crippen molar-refractivity contribution in [3.8, 4) is 5.75 Å². The summed E-state index contributed by atoms with van der Waals surface area (Å²) in [5, 5.41) is 2.64. The van der Waals surface area contributed by atoms with Gasteiger partial charge in [-0.1, -0.05) is 0 Å². The standard InChI is InChI=1S/C13H14N2O4/c1-8-11(13(17)19-15(8)2)12(16)14-9-4-6-10(18-3)7-5-9/h4-7H,1-3H3,(H,14,16). The van der Waals surface area contributed by atoms with Crippen molar-refractivity contribution in [2.24, 2.45) is 7.05 Å². The van der Waals surface area contributed by atoms with Crippen LogP contribution in [0.5, 0.6) is 5.75 Å². The lowest BCUT2D eigenvalue weighted by atomic mass is 10.2.